The van der Waals surface area contributed by atoms with E-state index in [-0.39, 0.29) is 6.10 Å². The lowest BCUT2D eigenvalue weighted by molar-refractivity contribution is -0.00168. The van der Waals surface area contributed by atoms with Crippen LogP contribution in [0, 0.1) is 11.8 Å². The number of ether oxygens (including phenoxy) is 2. The van der Waals surface area contributed by atoms with Crippen molar-refractivity contribution in [2.75, 3.05) is 0 Å². The van der Waals surface area contributed by atoms with Crippen LogP contribution < -0.4 is 15.2 Å². The van der Waals surface area contributed by atoms with Crippen molar-refractivity contribution in [1.29, 1.82) is 0 Å². The number of aromatic nitrogens is 1. The van der Waals surface area contributed by atoms with Crippen LogP contribution in [0.1, 0.15) is 37.7 Å². The first-order valence-corrected chi connectivity index (χ1v) is 11.2. The number of hydrogen-bond donors (Lipinski definition) is 1. The minimum absolute atomic E-state index is 0.212. The molecule has 0 saturated heterocycles. The zero-order chi connectivity index (χ0) is 20.5. The highest BCUT2D eigenvalue weighted by atomic mass is 35.5. The molecule has 2 N–H and O–H groups in total. The molecule has 156 valence electrons. The summed E-state index contributed by atoms with van der Waals surface area (Å²) >= 11 is 6.66. The van der Waals surface area contributed by atoms with Crippen molar-refractivity contribution in [3.63, 3.8) is 0 Å². The number of pyridine rings is 1. The second-order valence-electron chi connectivity index (χ2n) is 8.66. The van der Waals surface area contributed by atoms with Crippen LogP contribution in [0.3, 0.4) is 0 Å². The molecule has 0 radical (unpaired) electrons. The van der Waals surface area contributed by atoms with Crippen molar-refractivity contribution in [3.05, 3.63) is 65.3 Å². The minimum atomic E-state index is 0.212. The van der Waals surface area contributed by atoms with Crippen LogP contribution >= 0.6 is 11.6 Å². The normalized spacial score (nSPS) is 25.8. The van der Waals surface area contributed by atoms with Gasteiger partial charge in [-0.25, -0.2) is 4.98 Å². The van der Waals surface area contributed by atoms with Crippen molar-refractivity contribution >= 4 is 22.4 Å². The third-order valence-corrected chi connectivity index (χ3v) is 6.85. The third-order valence-electron chi connectivity index (χ3n) is 6.55. The molecule has 0 spiro atoms. The van der Waals surface area contributed by atoms with E-state index in [9.17, 15) is 0 Å². The zero-order valence-corrected chi connectivity index (χ0v) is 17.7. The van der Waals surface area contributed by atoms with Crippen LogP contribution in [-0.2, 0) is 6.61 Å². The standard InChI is InChI=1S/C25H27ClN2O2/c26-22-14-21-17(9-10-28-25(21)29-15-16-5-2-1-3-6-16)13-23(22)30-24-18-7-4-8-19(24)12-20(27)11-18/h1-3,5-6,9-10,13-14,18-20,24H,4,7-8,11-12,15,27H2. The molecule has 0 aliphatic heterocycles. The summed E-state index contributed by atoms with van der Waals surface area (Å²) in [5, 5.41) is 2.52. The summed E-state index contributed by atoms with van der Waals surface area (Å²) < 4.78 is 12.5. The Morgan fingerprint density at radius 1 is 1.03 bits per heavy atom. The average Bonchev–Trinajstić information content (AvgIpc) is 2.74. The van der Waals surface area contributed by atoms with E-state index in [4.69, 9.17) is 26.8 Å². The summed E-state index contributed by atoms with van der Waals surface area (Å²) in [5.41, 5.74) is 7.37. The van der Waals surface area contributed by atoms with Crippen molar-refractivity contribution in [2.24, 2.45) is 17.6 Å². The van der Waals surface area contributed by atoms with Gasteiger partial charge in [-0.2, -0.15) is 0 Å². The number of nitrogens with two attached hydrogens (primary N) is 1. The highest BCUT2D eigenvalue weighted by Crippen LogP contribution is 2.43. The van der Waals surface area contributed by atoms with Gasteiger partial charge < -0.3 is 15.2 Å². The fraction of sp³-hybridized carbons (Fsp3) is 0.400. The van der Waals surface area contributed by atoms with Gasteiger partial charge in [0.15, 0.2) is 0 Å². The highest BCUT2D eigenvalue weighted by Gasteiger charge is 2.41. The van der Waals surface area contributed by atoms with Crippen LogP contribution in [0.4, 0.5) is 0 Å². The SMILES string of the molecule is NC1CC2CCCC(C1)C2Oc1cc2ccnc(OCc3ccccc3)c2cc1Cl. The molecule has 1 heterocycles. The number of rotatable bonds is 5. The quantitative estimate of drug-likeness (QED) is 0.568. The maximum absolute atomic E-state index is 6.66. The Morgan fingerprint density at radius 3 is 2.57 bits per heavy atom. The molecule has 1 aromatic heterocycles. The van der Waals surface area contributed by atoms with Gasteiger partial charge in [0.25, 0.3) is 0 Å². The Bertz CT molecular complexity index is 1010. The molecule has 4 nitrogen and oxygen atoms in total. The first-order chi connectivity index (χ1) is 14.7. The Kier molecular flexibility index (Phi) is 5.53. The lowest BCUT2D eigenvalue weighted by Crippen LogP contribution is -2.48. The Hall–Kier alpha value is -2.30. The lowest BCUT2D eigenvalue weighted by Gasteiger charge is -2.44. The van der Waals surface area contributed by atoms with Crippen molar-refractivity contribution in [1.82, 2.24) is 4.98 Å². The van der Waals surface area contributed by atoms with Gasteiger partial charge in [0.2, 0.25) is 5.88 Å². The fourth-order valence-electron chi connectivity index (χ4n) is 5.15. The summed E-state index contributed by atoms with van der Waals surface area (Å²) in [6.07, 6.45) is 7.75. The maximum Gasteiger partial charge on any atom is 0.221 e. The van der Waals surface area contributed by atoms with Gasteiger partial charge in [-0.05, 0) is 66.7 Å². The summed E-state index contributed by atoms with van der Waals surface area (Å²) in [6.45, 7) is 0.467. The smallest absolute Gasteiger partial charge is 0.221 e. The molecule has 2 aliphatic rings. The number of halogens is 1. The van der Waals surface area contributed by atoms with E-state index in [0.717, 1.165) is 34.9 Å². The second-order valence-corrected chi connectivity index (χ2v) is 9.07. The van der Waals surface area contributed by atoms with Gasteiger partial charge in [0.05, 0.1) is 5.02 Å². The molecule has 2 atom stereocenters. The van der Waals surface area contributed by atoms with Crippen LogP contribution in [-0.4, -0.2) is 17.1 Å². The fourth-order valence-corrected chi connectivity index (χ4v) is 5.36. The molecule has 2 bridgehead atoms. The molecule has 2 unspecified atom stereocenters. The van der Waals surface area contributed by atoms with Crippen LogP contribution in [0.25, 0.3) is 10.8 Å². The van der Waals surface area contributed by atoms with Gasteiger partial charge in [-0.1, -0.05) is 48.4 Å². The molecule has 3 aromatic rings. The molecular formula is C25H27ClN2O2. The molecular weight excluding hydrogens is 396 g/mol. The predicted octanol–water partition coefficient (Wildman–Crippen LogP) is 5.75. The van der Waals surface area contributed by atoms with Crippen LogP contribution in [0.2, 0.25) is 5.02 Å². The molecule has 30 heavy (non-hydrogen) atoms. The summed E-state index contributed by atoms with van der Waals surface area (Å²) in [6, 6.07) is 16.3. The zero-order valence-electron chi connectivity index (χ0n) is 17.0. The molecule has 0 amide bonds. The number of benzene rings is 2. The van der Waals surface area contributed by atoms with Gasteiger partial charge in [-0.3, -0.25) is 0 Å². The molecule has 5 rings (SSSR count). The van der Waals surface area contributed by atoms with E-state index in [1.807, 2.05) is 48.5 Å². The average molecular weight is 423 g/mol. The first-order valence-electron chi connectivity index (χ1n) is 10.8. The third kappa shape index (κ3) is 3.99. The van der Waals surface area contributed by atoms with E-state index in [1.165, 1.54) is 19.3 Å². The van der Waals surface area contributed by atoms with E-state index in [2.05, 4.69) is 4.98 Å². The van der Waals surface area contributed by atoms with Gasteiger partial charge >= 0.3 is 0 Å². The summed E-state index contributed by atoms with van der Waals surface area (Å²) in [4.78, 5) is 4.43. The second kappa shape index (κ2) is 8.44. The topological polar surface area (TPSA) is 57.4 Å². The van der Waals surface area contributed by atoms with E-state index >= 15 is 0 Å². The molecule has 2 fully saturated rings. The Labute approximate surface area is 182 Å². The van der Waals surface area contributed by atoms with Crippen molar-refractivity contribution in [3.8, 4) is 11.6 Å². The molecule has 2 saturated carbocycles. The Balaban J connectivity index is 1.39. The van der Waals surface area contributed by atoms with E-state index in [0.29, 0.717) is 35.4 Å². The van der Waals surface area contributed by atoms with Gasteiger partial charge in [0.1, 0.15) is 18.5 Å². The number of hydrogen-bond acceptors (Lipinski definition) is 4. The first kappa shape index (κ1) is 19.7. The monoisotopic (exact) mass is 422 g/mol. The van der Waals surface area contributed by atoms with Crippen LogP contribution in [0.5, 0.6) is 11.6 Å². The molecule has 5 heteroatoms. The number of fused-ring (bicyclic) bond motifs is 3. The summed E-state index contributed by atoms with van der Waals surface area (Å²) in [7, 11) is 0. The Morgan fingerprint density at radius 2 is 1.80 bits per heavy atom. The number of nitrogens with zero attached hydrogens (tertiary/aromatic N) is 1. The maximum atomic E-state index is 6.66. The molecule has 2 aromatic carbocycles. The van der Waals surface area contributed by atoms with Gasteiger partial charge in [-0.15, -0.1) is 0 Å². The largest absolute Gasteiger partial charge is 0.488 e. The minimum Gasteiger partial charge on any atom is -0.488 e. The molecule has 2 aliphatic carbocycles. The van der Waals surface area contributed by atoms with Crippen LogP contribution in [0.15, 0.2) is 54.7 Å². The van der Waals surface area contributed by atoms with E-state index < -0.39 is 0 Å². The van der Waals surface area contributed by atoms with Gasteiger partial charge in [0, 0.05) is 17.6 Å². The summed E-state index contributed by atoms with van der Waals surface area (Å²) in [5.74, 6) is 2.40. The highest BCUT2D eigenvalue weighted by molar-refractivity contribution is 6.33. The van der Waals surface area contributed by atoms with Crippen molar-refractivity contribution < 1.29 is 9.47 Å². The predicted molar refractivity (Wildman–Crippen MR) is 120 cm³/mol. The van der Waals surface area contributed by atoms with Crippen molar-refractivity contribution in [2.45, 2.75) is 50.9 Å². The lowest BCUT2D eigenvalue weighted by atomic mass is 9.68. The van der Waals surface area contributed by atoms with E-state index in [1.54, 1.807) is 6.20 Å².